The van der Waals surface area contributed by atoms with Crippen LogP contribution in [0.5, 0.6) is 0 Å². The van der Waals surface area contributed by atoms with Crippen molar-refractivity contribution in [3.63, 3.8) is 0 Å². The van der Waals surface area contributed by atoms with Crippen LogP contribution in [-0.4, -0.2) is 66.8 Å². The average Bonchev–Trinajstić information content (AvgIpc) is 2.39. The molecule has 2 saturated heterocycles. The SMILES string of the molecule is [C-]#[N+]CC1(N2CCOCC2)CCN(C(C)(C)C)CC1. The first-order valence-corrected chi connectivity index (χ1v) is 7.39. The minimum atomic E-state index is 0.104. The number of morpholine rings is 1. The van der Waals surface area contributed by atoms with E-state index in [1.54, 1.807) is 0 Å². The fourth-order valence-corrected chi connectivity index (χ4v) is 3.35. The lowest BCUT2D eigenvalue weighted by molar-refractivity contribution is -0.0508. The third-order valence-electron chi connectivity index (χ3n) is 4.70. The summed E-state index contributed by atoms with van der Waals surface area (Å²) in [5.74, 6) is 0. The highest BCUT2D eigenvalue weighted by molar-refractivity contribution is 5.02. The second-order valence-corrected chi connectivity index (χ2v) is 6.80. The van der Waals surface area contributed by atoms with E-state index in [2.05, 4.69) is 35.4 Å². The number of ether oxygens (including phenoxy) is 1. The van der Waals surface area contributed by atoms with E-state index >= 15 is 0 Å². The third-order valence-corrected chi connectivity index (χ3v) is 4.70. The monoisotopic (exact) mass is 265 g/mol. The third kappa shape index (κ3) is 3.28. The topological polar surface area (TPSA) is 20.1 Å². The van der Waals surface area contributed by atoms with Gasteiger partial charge in [0, 0.05) is 31.7 Å². The Morgan fingerprint density at radius 2 is 1.68 bits per heavy atom. The summed E-state index contributed by atoms with van der Waals surface area (Å²) in [5.41, 5.74) is 0.350. The molecule has 0 bridgehead atoms. The summed E-state index contributed by atoms with van der Waals surface area (Å²) in [5, 5.41) is 0. The first kappa shape index (κ1) is 14.8. The van der Waals surface area contributed by atoms with Crippen molar-refractivity contribution in [2.75, 3.05) is 45.9 Å². The number of hydrogen-bond donors (Lipinski definition) is 0. The maximum absolute atomic E-state index is 7.31. The molecule has 2 aliphatic rings. The van der Waals surface area contributed by atoms with Gasteiger partial charge in [-0.3, -0.25) is 9.80 Å². The zero-order valence-corrected chi connectivity index (χ0v) is 12.6. The van der Waals surface area contributed by atoms with Gasteiger partial charge >= 0.3 is 0 Å². The van der Waals surface area contributed by atoms with Gasteiger partial charge in [0.05, 0.1) is 18.8 Å². The summed E-state index contributed by atoms with van der Waals surface area (Å²) >= 11 is 0. The Morgan fingerprint density at radius 1 is 1.11 bits per heavy atom. The van der Waals surface area contributed by atoms with Crippen LogP contribution in [0.1, 0.15) is 33.6 Å². The van der Waals surface area contributed by atoms with Crippen LogP contribution in [0.4, 0.5) is 0 Å². The van der Waals surface area contributed by atoms with Crippen molar-refractivity contribution < 1.29 is 4.74 Å². The van der Waals surface area contributed by atoms with E-state index in [1.165, 1.54) is 0 Å². The van der Waals surface area contributed by atoms with Gasteiger partial charge in [-0.05, 0) is 33.6 Å². The molecule has 2 aliphatic heterocycles. The molecule has 0 saturated carbocycles. The van der Waals surface area contributed by atoms with Crippen molar-refractivity contribution in [3.8, 4) is 0 Å². The molecule has 0 aromatic rings. The van der Waals surface area contributed by atoms with Crippen molar-refractivity contribution in [3.05, 3.63) is 11.4 Å². The first-order chi connectivity index (χ1) is 8.98. The van der Waals surface area contributed by atoms with Crippen LogP contribution in [0.3, 0.4) is 0 Å². The van der Waals surface area contributed by atoms with E-state index in [0.29, 0.717) is 6.54 Å². The molecule has 2 heterocycles. The molecule has 0 N–H and O–H groups in total. The van der Waals surface area contributed by atoms with Crippen LogP contribution >= 0.6 is 0 Å². The molecular weight excluding hydrogens is 238 g/mol. The van der Waals surface area contributed by atoms with Gasteiger partial charge in [-0.15, -0.1) is 0 Å². The molecule has 19 heavy (non-hydrogen) atoms. The number of rotatable bonds is 2. The van der Waals surface area contributed by atoms with Crippen LogP contribution in [0.15, 0.2) is 0 Å². The van der Waals surface area contributed by atoms with E-state index in [0.717, 1.165) is 52.2 Å². The predicted octanol–water partition coefficient (Wildman–Crippen LogP) is 1.87. The molecule has 0 unspecified atom stereocenters. The molecule has 0 spiro atoms. The second kappa shape index (κ2) is 5.78. The lowest BCUT2D eigenvalue weighted by Gasteiger charge is -2.49. The number of nitrogens with zero attached hydrogens (tertiary/aromatic N) is 3. The quantitative estimate of drug-likeness (QED) is 0.711. The molecular formula is C15H27N3O. The number of hydrogen-bond acceptors (Lipinski definition) is 3. The molecule has 4 nitrogen and oxygen atoms in total. The fraction of sp³-hybridized carbons (Fsp3) is 0.933. The average molecular weight is 265 g/mol. The molecule has 4 heteroatoms. The van der Waals surface area contributed by atoms with Gasteiger partial charge in [0.2, 0.25) is 6.54 Å². The van der Waals surface area contributed by atoms with Crippen LogP contribution in [0, 0.1) is 6.57 Å². The minimum Gasteiger partial charge on any atom is -0.379 e. The van der Waals surface area contributed by atoms with E-state index in [9.17, 15) is 0 Å². The van der Waals surface area contributed by atoms with E-state index < -0.39 is 0 Å². The molecule has 0 radical (unpaired) electrons. The lowest BCUT2D eigenvalue weighted by atomic mass is 9.83. The van der Waals surface area contributed by atoms with Gasteiger partial charge in [-0.1, -0.05) is 0 Å². The smallest absolute Gasteiger partial charge is 0.232 e. The molecule has 2 fully saturated rings. The Morgan fingerprint density at radius 3 is 2.16 bits per heavy atom. The van der Waals surface area contributed by atoms with E-state index in [1.807, 2.05) is 0 Å². The Balaban J connectivity index is 2.04. The zero-order chi connectivity index (χ0) is 13.9. The Hall–Kier alpha value is -0.630. The van der Waals surface area contributed by atoms with Crippen LogP contribution in [0.2, 0.25) is 0 Å². The molecule has 108 valence electrons. The number of likely N-dealkylation sites (tertiary alicyclic amines) is 1. The van der Waals surface area contributed by atoms with Gasteiger partial charge in [0.25, 0.3) is 0 Å². The highest BCUT2D eigenvalue weighted by Crippen LogP contribution is 2.32. The zero-order valence-electron chi connectivity index (χ0n) is 12.6. The largest absolute Gasteiger partial charge is 0.379 e. The summed E-state index contributed by atoms with van der Waals surface area (Å²) in [4.78, 5) is 8.82. The van der Waals surface area contributed by atoms with Gasteiger partial charge in [-0.2, -0.15) is 0 Å². The highest BCUT2D eigenvalue weighted by Gasteiger charge is 2.44. The van der Waals surface area contributed by atoms with Crippen LogP contribution in [0.25, 0.3) is 4.85 Å². The van der Waals surface area contributed by atoms with Gasteiger partial charge in [0.1, 0.15) is 0 Å². The Bertz CT molecular complexity index is 328. The highest BCUT2D eigenvalue weighted by atomic mass is 16.5. The summed E-state index contributed by atoms with van der Waals surface area (Å²) in [6, 6.07) is 0. The van der Waals surface area contributed by atoms with E-state index in [-0.39, 0.29) is 11.1 Å². The molecule has 0 atom stereocenters. The second-order valence-electron chi connectivity index (χ2n) is 6.80. The summed E-state index contributed by atoms with van der Waals surface area (Å²) in [7, 11) is 0. The molecule has 2 rings (SSSR count). The van der Waals surface area contributed by atoms with Crippen molar-refractivity contribution in [2.45, 2.75) is 44.7 Å². The normalized spacial score (nSPS) is 26.0. The Kier molecular flexibility index (Phi) is 4.50. The minimum absolute atomic E-state index is 0.104. The van der Waals surface area contributed by atoms with E-state index in [4.69, 9.17) is 11.3 Å². The van der Waals surface area contributed by atoms with Crippen LogP contribution < -0.4 is 0 Å². The summed E-state index contributed by atoms with van der Waals surface area (Å²) in [6.07, 6.45) is 2.24. The van der Waals surface area contributed by atoms with Gasteiger partial charge < -0.3 is 9.58 Å². The van der Waals surface area contributed by atoms with Crippen LogP contribution in [-0.2, 0) is 4.74 Å². The molecule has 0 amide bonds. The van der Waals surface area contributed by atoms with Crippen molar-refractivity contribution in [1.29, 1.82) is 0 Å². The lowest BCUT2D eigenvalue weighted by Crippen LogP contribution is -2.61. The summed E-state index contributed by atoms with van der Waals surface area (Å²) < 4.78 is 5.46. The predicted molar refractivity (Wildman–Crippen MR) is 77.2 cm³/mol. The molecule has 0 aromatic carbocycles. The van der Waals surface area contributed by atoms with Crippen molar-refractivity contribution in [1.82, 2.24) is 9.80 Å². The van der Waals surface area contributed by atoms with Crippen molar-refractivity contribution in [2.24, 2.45) is 0 Å². The summed E-state index contributed by atoms with van der Waals surface area (Å²) in [6.45, 7) is 20.6. The maximum Gasteiger partial charge on any atom is 0.232 e. The standard InChI is InChI=1S/C15H27N3O/c1-14(2,3)17-7-5-15(6-8-17,13-16-4)18-9-11-19-12-10-18/h5-13H2,1-3H3. The van der Waals surface area contributed by atoms with Gasteiger partial charge in [0.15, 0.2) is 0 Å². The van der Waals surface area contributed by atoms with Gasteiger partial charge in [-0.25, -0.2) is 6.57 Å². The molecule has 0 aromatic heterocycles. The maximum atomic E-state index is 7.31. The number of piperidine rings is 1. The fourth-order valence-electron chi connectivity index (χ4n) is 3.35. The molecule has 0 aliphatic carbocycles. The van der Waals surface area contributed by atoms with Crippen molar-refractivity contribution >= 4 is 0 Å². The first-order valence-electron chi connectivity index (χ1n) is 7.39. The Labute approximate surface area is 117 Å².